The monoisotopic (exact) mass is 310 g/mol. The van der Waals surface area contributed by atoms with Gasteiger partial charge in [-0.2, -0.15) is 0 Å². The number of Topliss-reactive ketones (excluding diaryl/α,β-unsaturated/α-hetero) is 2. The Hall–Kier alpha value is -2.82. The van der Waals surface area contributed by atoms with Gasteiger partial charge in [-0.1, -0.05) is 30.4 Å². The summed E-state index contributed by atoms with van der Waals surface area (Å²) in [6.07, 6.45) is 5.29. The zero-order valence-corrected chi connectivity index (χ0v) is 12.7. The predicted octanol–water partition coefficient (Wildman–Crippen LogP) is 1.62. The van der Waals surface area contributed by atoms with Gasteiger partial charge in [0.25, 0.3) is 5.78 Å². The fourth-order valence-corrected chi connectivity index (χ4v) is 2.68. The first kappa shape index (κ1) is 15.1. The summed E-state index contributed by atoms with van der Waals surface area (Å²) in [5.74, 6) is -0.313. The largest absolute Gasteiger partial charge is 0.492 e. The van der Waals surface area contributed by atoms with Crippen molar-refractivity contribution in [1.82, 2.24) is 5.32 Å². The molecule has 0 saturated carbocycles. The molecule has 0 radical (unpaired) electrons. The van der Waals surface area contributed by atoms with Crippen LogP contribution in [0.2, 0.25) is 0 Å². The van der Waals surface area contributed by atoms with Gasteiger partial charge in [0.15, 0.2) is 0 Å². The lowest BCUT2D eigenvalue weighted by Crippen LogP contribution is -2.38. The average molecular weight is 310 g/mol. The third-order valence-corrected chi connectivity index (χ3v) is 3.81. The summed E-state index contributed by atoms with van der Waals surface area (Å²) in [6, 6.07) is 9.39. The van der Waals surface area contributed by atoms with Crippen LogP contribution in [0.25, 0.3) is 0 Å². The molecule has 2 aliphatic carbocycles. The second-order valence-corrected chi connectivity index (χ2v) is 5.35. The molecule has 0 aliphatic heterocycles. The van der Waals surface area contributed by atoms with Gasteiger partial charge in [-0.15, -0.1) is 0 Å². The van der Waals surface area contributed by atoms with E-state index in [1.54, 1.807) is 6.08 Å². The molecule has 0 fully saturated rings. The maximum atomic E-state index is 12.2. The van der Waals surface area contributed by atoms with Gasteiger partial charge in [0.05, 0.1) is 5.70 Å². The van der Waals surface area contributed by atoms with Gasteiger partial charge < -0.3 is 15.8 Å². The number of ketones is 2. The maximum Gasteiger partial charge on any atom is 0.251 e. The Labute approximate surface area is 134 Å². The van der Waals surface area contributed by atoms with Gasteiger partial charge in [0.1, 0.15) is 18.1 Å². The van der Waals surface area contributed by atoms with E-state index in [-0.39, 0.29) is 5.70 Å². The van der Waals surface area contributed by atoms with Crippen LogP contribution in [0, 0.1) is 0 Å². The average Bonchev–Trinajstić information content (AvgIpc) is 2.60. The van der Waals surface area contributed by atoms with Crippen molar-refractivity contribution in [2.24, 2.45) is 5.73 Å². The van der Waals surface area contributed by atoms with Gasteiger partial charge in [0.2, 0.25) is 5.78 Å². The van der Waals surface area contributed by atoms with E-state index in [0.29, 0.717) is 30.0 Å². The SMILES string of the molecule is NC1=C(NCCOc2ccccc2)C(=O)C(=O)C2=CCCC=C21. The summed E-state index contributed by atoms with van der Waals surface area (Å²) < 4.78 is 5.55. The minimum Gasteiger partial charge on any atom is -0.492 e. The van der Waals surface area contributed by atoms with Crippen LogP contribution in [-0.2, 0) is 9.59 Å². The molecule has 3 rings (SSSR count). The Kier molecular flexibility index (Phi) is 4.28. The van der Waals surface area contributed by atoms with Crippen molar-refractivity contribution in [1.29, 1.82) is 0 Å². The van der Waals surface area contributed by atoms with Crippen LogP contribution in [0.15, 0.2) is 65.0 Å². The molecule has 0 heterocycles. The van der Waals surface area contributed by atoms with E-state index in [2.05, 4.69) is 5.32 Å². The third kappa shape index (κ3) is 3.04. The van der Waals surface area contributed by atoms with Crippen molar-refractivity contribution in [2.45, 2.75) is 12.8 Å². The maximum absolute atomic E-state index is 12.2. The minimum absolute atomic E-state index is 0.178. The molecule has 0 atom stereocenters. The first-order chi connectivity index (χ1) is 11.2. The number of nitrogens with two attached hydrogens (primary N) is 1. The van der Waals surface area contributed by atoms with Crippen LogP contribution in [0.5, 0.6) is 5.75 Å². The summed E-state index contributed by atoms with van der Waals surface area (Å²) in [5.41, 5.74) is 7.71. The second-order valence-electron chi connectivity index (χ2n) is 5.35. The van der Waals surface area contributed by atoms with Gasteiger partial charge in [-0.3, -0.25) is 9.59 Å². The highest BCUT2D eigenvalue weighted by Gasteiger charge is 2.34. The Morgan fingerprint density at radius 3 is 2.43 bits per heavy atom. The molecule has 5 heteroatoms. The number of hydrogen-bond acceptors (Lipinski definition) is 5. The predicted molar refractivity (Wildman–Crippen MR) is 86.6 cm³/mol. The molecule has 3 N–H and O–H groups in total. The van der Waals surface area contributed by atoms with Crippen LogP contribution >= 0.6 is 0 Å². The van der Waals surface area contributed by atoms with Crippen molar-refractivity contribution >= 4 is 11.6 Å². The Bertz CT molecular complexity index is 730. The minimum atomic E-state index is -0.576. The Morgan fingerprint density at radius 2 is 1.70 bits per heavy atom. The highest BCUT2D eigenvalue weighted by molar-refractivity contribution is 6.51. The molecule has 0 spiro atoms. The van der Waals surface area contributed by atoms with Crippen molar-refractivity contribution in [3.05, 3.63) is 65.0 Å². The summed E-state index contributed by atoms with van der Waals surface area (Å²) in [5, 5.41) is 2.95. The number of fused-ring (bicyclic) bond motifs is 1. The van der Waals surface area contributed by atoms with Crippen LogP contribution < -0.4 is 15.8 Å². The van der Waals surface area contributed by atoms with Crippen LogP contribution in [0.3, 0.4) is 0 Å². The van der Waals surface area contributed by atoms with Gasteiger partial charge >= 0.3 is 0 Å². The molecule has 0 bridgehead atoms. The van der Waals surface area contributed by atoms with E-state index in [4.69, 9.17) is 10.5 Å². The molecular formula is C18H18N2O3. The second kappa shape index (κ2) is 6.52. The van der Waals surface area contributed by atoms with E-state index in [1.807, 2.05) is 36.4 Å². The van der Waals surface area contributed by atoms with E-state index in [0.717, 1.165) is 18.6 Å². The Balaban J connectivity index is 1.67. The fourth-order valence-electron chi connectivity index (χ4n) is 2.68. The zero-order valence-electron chi connectivity index (χ0n) is 12.7. The standard InChI is InChI=1S/C18H18N2O3/c19-15-13-8-4-5-9-14(13)17(21)18(22)16(15)20-10-11-23-12-6-2-1-3-7-12/h1-3,6-9,20H,4-5,10-11,19H2. The number of nitrogens with one attached hydrogen (secondary N) is 1. The molecule has 0 amide bonds. The lowest BCUT2D eigenvalue weighted by atomic mass is 9.84. The van der Waals surface area contributed by atoms with Crippen molar-refractivity contribution in [2.75, 3.05) is 13.2 Å². The molecule has 118 valence electrons. The lowest BCUT2D eigenvalue weighted by molar-refractivity contribution is -0.132. The van der Waals surface area contributed by atoms with E-state index >= 15 is 0 Å². The molecule has 5 nitrogen and oxygen atoms in total. The van der Waals surface area contributed by atoms with Crippen LogP contribution in [0.1, 0.15) is 12.8 Å². The fraction of sp³-hybridized carbons (Fsp3) is 0.222. The van der Waals surface area contributed by atoms with Gasteiger partial charge in [-0.25, -0.2) is 0 Å². The van der Waals surface area contributed by atoms with Gasteiger partial charge in [0, 0.05) is 17.7 Å². The first-order valence-electron chi connectivity index (χ1n) is 7.60. The van der Waals surface area contributed by atoms with Crippen molar-refractivity contribution in [3.8, 4) is 5.75 Å². The number of rotatable bonds is 5. The molecule has 1 aromatic rings. The smallest absolute Gasteiger partial charge is 0.251 e. The quantitative estimate of drug-likeness (QED) is 0.638. The van der Waals surface area contributed by atoms with Gasteiger partial charge in [-0.05, 0) is 25.0 Å². The number of hydrogen-bond donors (Lipinski definition) is 2. The highest BCUT2D eigenvalue weighted by atomic mass is 16.5. The Morgan fingerprint density at radius 1 is 1.00 bits per heavy atom. The first-order valence-corrected chi connectivity index (χ1v) is 7.60. The van der Waals surface area contributed by atoms with Crippen molar-refractivity contribution in [3.63, 3.8) is 0 Å². The van der Waals surface area contributed by atoms with Crippen LogP contribution in [0.4, 0.5) is 0 Å². The van der Waals surface area contributed by atoms with E-state index in [1.165, 1.54) is 0 Å². The summed E-state index contributed by atoms with van der Waals surface area (Å²) in [7, 11) is 0. The topological polar surface area (TPSA) is 81.4 Å². The summed E-state index contributed by atoms with van der Waals surface area (Å²) in [6.45, 7) is 0.750. The lowest BCUT2D eigenvalue weighted by Gasteiger charge is -2.24. The summed E-state index contributed by atoms with van der Waals surface area (Å²) >= 11 is 0. The number of benzene rings is 1. The zero-order chi connectivity index (χ0) is 16.2. The third-order valence-electron chi connectivity index (χ3n) is 3.81. The summed E-state index contributed by atoms with van der Waals surface area (Å²) in [4.78, 5) is 24.3. The molecule has 0 aromatic heterocycles. The molecule has 0 saturated heterocycles. The molecule has 23 heavy (non-hydrogen) atoms. The number of allylic oxidation sites excluding steroid dienone is 4. The van der Waals surface area contributed by atoms with E-state index in [9.17, 15) is 9.59 Å². The number of carbonyl (C=O) groups excluding carboxylic acids is 2. The van der Waals surface area contributed by atoms with Crippen LogP contribution in [-0.4, -0.2) is 24.7 Å². The number of ether oxygens (including phenoxy) is 1. The normalized spacial score (nSPS) is 17.4. The molecular weight excluding hydrogens is 292 g/mol. The van der Waals surface area contributed by atoms with E-state index < -0.39 is 11.6 Å². The number of para-hydroxylation sites is 1. The van der Waals surface area contributed by atoms with Crippen molar-refractivity contribution < 1.29 is 14.3 Å². The number of carbonyl (C=O) groups is 2. The molecule has 2 aliphatic rings. The molecule has 1 aromatic carbocycles. The highest BCUT2D eigenvalue weighted by Crippen LogP contribution is 2.29. The molecule has 0 unspecified atom stereocenters.